The van der Waals surface area contributed by atoms with E-state index in [1.54, 1.807) is 12.1 Å². The molecule has 0 saturated heterocycles. The van der Waals surface area contributed by atoms with Gasteiger partial charge in [-0.15, -0.1) is 0 Å². The van der Waals surface area contributed by atoms with E-state index in [4.69, 9.17) is 5.73 Å². The Kier molecular flexibility index (Phi) is 2.33. The number of aromatic nitrogens is 1. The predicted octanol–water partition coefficient (Wildman–Crippen LogP) is 1.16. The van der Waals surface area contributed by atoms with E-state index in [2.05, 4.69) is 11.6 Å². The number of pyridine rings is 1. The molecule has 0 unspecified atom stereocenters. The molecule has 0 bridgehead atoms. The average molecular weight is 164 g/mol. The van der Waals surface area contributed by atoms with Gasteiger partial charge in [0.15, 0.2) is 0 Å². The lowest BCUT2D eigenvalue weighted by Gasteiger charge is -2.01. The van der Waals surface area contributed by atoms with E-state index in [0.29, 0.717) is 12.2 Å². The molecule has 0 aromatic carbocycles. The first-order valence-electron chi connectivity index (χ1n) is 3.83. The zero-order valence-electron chi connectivity index (χ0n) is 7.05. The largest absolute Gasteiger partial charge is 0.385 e. The molecule has 0 spiro atoms. The summed E-state index contributed by atoms with van der Waals surface area (Å²) in [6.07, 6.45) is 2.33. The van der Waals surface area contributed by atoms with Crippen molar-refractivity contribution in [3.8, 4) is 0 Å². The summed E-state index contributed by atoms with van der Waals surface area (Å²) < 4.78 is 0. The lowest BCUT2D eigenvalue weighted by molar-refractivity contribution is 1.06. The first-order valence-corrected chi connectivity index (χ1v) is 3.83. The molecule has 0 aliphatic carbocycles. The Morgan fingerprint density at radius 2 is 2.42 bits per heavy atom. The first kappa shape index (κ1) is 8.59. The molecule has 0 saturated carbocycles. The molecule has 1 heterocycles. The van der Waals surface area contributed by atoms with E-state index in [1.807, 2.05) is 6.92 Å². The molecule has 1 rings (SSSR count). The Hall–Kier alpha value is -1.51. The van der Waals surface area contributed by atoms with E-state index in [9.17, 15) is 4.79 Å². The van der Waals surface area contributed by atoms with Crippen LogP contribution in [-0.2, 0) is 6.42 Å². The quantitative estimate of drug-likeness (QED) is 0.689. The first-order chi connectivity index (χ1) is 5.69. The molecule has 0 aliphatic rings. The second-order valence-corrected chi connectivity index (χ2v) is 2.55. The van der Waals surface area contributed by atoms with Gasteiger partial charge in [0.1, 0.15) is 5.82 Å². The van der Waals surface area contributed by atoms with E-state index in [-0.39, 0.29) is 5.56 Å². The standard InChI is InChI=1S/C9H12N2O/c1-3-6-5-7(4-2)9(12)11-8(6)10/h3,5H,1,4H2,2H3,(H3,10,11,12). The van der Waals surface area contributed by atoms with E-state index in [1.165, 1.54) is 0 Å². The number of nitrogens with one attached hydrogen (secondary N) is 1. The van der Waals surface area contributed by atoms with Crippen molar-refractivity contribution in [2.75, 3.05) is 5.73 Å². The summed E-state index contributed by atoms with van der Waals surface area (Å²) in [5, 5.41) is 0. The Balaban J connectivity index is 3.37. The lowest BCUT2D eigenvalue weighted by atomic mass is 10.1. The Bertz CT molecular complexity index is 352. The number of H-pyrrole nitrogens is 1. The molecule has 1 aromatic rings. The van der Waals surface area contributed by atoms with Gasteiger partial charge in [-0.3, -0.25) is 4.79 Å². The third kappa shape index (κ3) is 1.39. The Labute approximate surface area is 70.9 Å². The number of hydrogen-bond donors (Lipinski definition) is 2. The van der Waals surface area contributed by atoms with Gasteiger partial charge in [-0.25, -0.2) is 0 Å². The fourth-order valence-electron chi connectivity index (χ4n) is 1.04. The van der Waals surface area contributed by atoms with Gasteiger partial charge in [0.2, 0.25) is 0 Å². The van der Waals surface area contributed by atoms with E-state index in [0.717, 1.165) is 11.1 Å². The SMILES string of the molecule is C=Cc1cc(CC)c(=O)[nH]c1N. The summed E-state index contributed by atoms with van der Waals surface area (Å²) in [6.45, 7) is 5.52. The van der Waals surface area contributed by atoms with Crippen LogP contribution in [0.15, 0.2) is 17.4 Å². The topological polar surface area (TPSA) is 58.9 Å². The average Bonchev–Trinajstić information content (AvgIpc) is 2.05. The van der Waals surface area contributed by atoms with Gasteiger partial charge in [0.05, 0.1) is 0 Å². The summed E-state index contributed by atoms with van der Waals surface area (Å²) in [6, 6.07) is 1.77. The van der Waals surface area contributed by atoms with Crippen LogP contribution in [0.3, 0.4) is 0 Å². The lowest BCUT2D eigenvalue weighted by Crippen LogP contribution is -2.14. The van der Waals surface area contributed by atoms with Gasteiger partial charge in [-0.05, 0) is 12.5 Å². The Morgan fingerprint density at radius 3 is 2.92 bits per heavy atom. The minimum Gasteiger partial charge on any atom is -0.385 e. The molecule has 0 aliphatic heterocycles. The van der Waals surface area contributed by atoms with Crippen LogP contribution in [0.1, 0.15) is 18.1 Å². The number of nitrogen functional groups attached to an aromatic ring is 1. The maximum absolute atomic E-state index is 11.2. The summed E-state index contributed by atoms with van der Waals surface area (Å²) >= 11 is 0. The van der Waals surface area contributed by atoms with Crippen LogP contribution < -0.4 is 11.3 Å². The third-order valence-electron chi connectivity index (χ3n) is 1.78. The van der Waals surface area contributed by atoms with Gasteiger partial charge in [-0.2, -0.15) is 0 Å². The van der Waals surface area contributed by atoms with Crippen molar-refractivity contribution in [3.05, 3.63) is 34.1 Å². The summed E-state index contributed by atoms with van der Waals surface area (Å²) in [4.78, 5) is 13.7. The molecule has 1 aromatic heterocycles. The smallest absolute Gasteiger partial charge is 0.252 e. The molecule has 3 heteroatoms. The van der Waals surface area contributed by atoms with Crippen LogP contribution in [0.4, 0.5) is 5.82 Å². The molecular weight excluding hydrogens is 152 g/mol. The number of aromatic amines is 1. The van der Waals surface area contributed by atoms with Crippen LogP contribution in [0.5, 0.6) is 0 Å². The van der Waals surface area contributed by atoms with E-state index < -0.39 is 0 Å². The molecule has 3 nitrogen and oxygen atoms in total. The highest BCUT2D eigenvalue weighted by molar-refractivity contribution is 5.59. The van der Waals surface area contributed by atoms with E-state index >= 15 is 0 Å². The maximum Gasteiger partial charge on any atom is 0.252 e. The monoisotopic (exact) mass is 164 g/mol. The van der Waals surface area contributed by atoms with Crippen molar-refractivity contribution in [1.29, 1.82) is 0 Å². The van der Waals surface area contributed by atoms with Gasteiger partial charge in [0, 0.05) is 11.1 Å². The summed E-state index contributed by atoms with van der Waals surface area (Å²) in [7, 11) is 0. The molecule has 64 valence electrons. The molecule has 0 amide bonds. The number of nitrogens with two attached hydrogens (primary N) is 1. The van der Waals surface area contributed by atoms with Crippen molar-refractivity contribution in [3.63, 3.8) is 0 Å². The molecular formula is C9H12N2O. The normalized spacial score (nSPS) is 9.75. The zero-order valence-corrected chi connectivity index (χ0v) is 7.05. The highest BCUT2D eigenvalue weighted by Gasteiger charge is 2.00. The fourth-order valence-corrected chi connectivity index (χ4v) is 1.04. The van der Waals surface area contributed by atoms with Crippen LogP contribution in [0.2, 0.25) is 0 Å². The third-order valence-corrected chi connectivity index (χ3v) is 1.78. The van der Waals surface area contributed by atoms with Crippen molar-refractivity contribution in [1.82, 2.24) is 4.98 Å². The Morgan fingerprint density at radius 1 is 1.75 bits per heavy atom. The van der Waals surface area contributed by atoms with Crippen molar-refractivity contribution in [2.24, 2.45) is 0 Å². The molecule has 12 heavy (non-hydrogen) atoms. The van der Waals surface area contributed by atoms with Crippen molar-refractivity contribution >= 4 is 11.9 Å². The molecule has 3 N–H and O–H groups in total. The fraction of sp³-hybridized carbons (Fsp3) is 0.222. The zero-order chi connectivity index (χ0) is 9.14. The maximum atomic E-state index is 11.2. The van der Waals surface area contributed by atoms with Crippen LogP contribution in [-0.4, -0.2) is 4.98 Å². The van der Waals surface area contributed by atoms with Crippen LogP contribution in [0.25, 0.3) is 6.08 Å². The number of aryl methyl sites for hydroxylation is 1. The second-order valence-electron chi connectivity index (χ2n) is 2.55. The minimum absolute atomic E-state index is 0.111. The molecule has 0 fully saturated rings. The molecule has 0 radical (unpaired) electrons. The number of hydrogen-bond acceptors (Lipinski definition) is 2. The highest BCUT2D eigenvalue weighted by atomic mass is 16.1. The molecule has 0 atom stereocenters. The van der Waals surface area contributed by atoms with Gasteiger partial charge in [0.25, 0.3) is 5.56 Å². The van der Waals surface area contributed by atoms with Crippen molar-refractivity contribution in [2.45, 2.75) is 13.3 Å². The van der Waals surface area contributed by atoms with Crippen LogP contribution in [0, 0.1) is 0 Å². The van der Waals surface area contributed by atoms with Gasteiger partial charge in [-0.1, -0.05) is 19.6 Å². The van der Waals surface area contributed by atoms with Crippen molar-refractivity contribution < 1.29 is 0 Å². The number of rotatable bonds is 2. The summed E-state index contributed by atoms with van der Waals surface area (Å²) in [5.74, 6) is 0.382. The highest BCUT2D eigenvalue weighted by Crippen LogP contribution is 2.08. The number of anilines is 1. The van der Waals surface area contributed by atoms with Gasteiger partial charge < -0.3 is 10.7 Å². The van der Waals surface area contributed by atoms with Gasteiger partial charge >= 0.3 is 0 Å². The predicted molar refractivity (Wildman–Crippen MR) is 50.9 cm³/mol. The summed E-state index contributed by atoms with van der Waals surface area (Å²) in [5.41, 5.74) is 6.94. The minimum atomic E-state index is -0.111. The van der Waals surface area contributed by atoms with Crippen LogP contribution >= 0.6 is 0 Å². The second kappa shape index (κ2) is 3.26.